The first-order valence-corrected chi connectivity index (χ1v) is 4.30. The molecule has 0 saturated heterocycles. The Hall–Kier alpha value is -1.03. The second-order valence-electron chi connectivity index (χ2n) is 3.20. The Bertz CT molecular complexity index is 312. The maximum absolute atomic E-state index is 13.3. The van der Waals surface area contributed by atoms with Crippen molar-refractivity contribution < 1.29 is 13.2 Å². The summed E-state index contributed by atoms with van der Waals surface area (Å²) < 4.78 is 38.1. The van der Waals surface area contributed by atoms with Gasteiger partial charge >= 0.3 is 0 Å². The summed E-state index contributed by atoms with van der Waals surface area (Å²) in [6.45, 7) is 1.45. The van der Waals surface area contributed by atoms with Gasteiger partial charge in [0.2, 0.25) is 6.43 Å². The van der Waals surface area contributed by atoms with E-state index in [1.54, 1.807) is 13.0 Å². The van der Waals surface area contributed by atoms with Crippen LogP contribution in [0.1, 0.15) is 17.0 Å². The van der Waals surface area contributed by atoms with Gasteiger partial charge in [-0.3, -0.25) is 0 Å². The Morgan fingerprint density at radius 3 is 2.43 bits per heavy atom. The lowest BCUT2D eigenvalue weighted by molar-refractivity contribution is 0.115. The molecule has 0 fully saturated rings. The molecule has 1 rings (SSSR count). The van der Waals surface area contributed by atoms with Gasteiger partial charge in [0.15, 0.2) is 0 Å². The predicted molar refractivity (Wildman–Crippen MR) is 48.9 cm³/mol. The molecule has 0 amide bonds. The van der Waals surface area contributed by atoms with Gasteiger partial charge in [0.1, 0.15) is 5.82 Å². The van der Waals surface area contributed by atoms with Crippen molar-refractivity contribution in [1.29, 1.82) is 0 Å². The van der Waals surface area contributed by atoms with Crippen LogP contribution in [0.5, 0.6) is 0 Å². The lowest BCUT2D eigenvalue weighted by Gasteiger charge is -2.14. The van der Waals surface area contributed by atoms with Crippen molar-refractivity contribution in [2.24, 2.45) is 5.73 Å². The van der Waals surface area contributed by atoms with E-state index in [1.165, 1.54) is 12.1 Å². The molecule has 78 valence electrons. The average Bonchev–Trinajstić information content (AvgIpc) is 2.09. The van der Waals surface area contributed by atoms with E-state index in [-0.39, 0.29) is 12.1 Å². The predicted octanol–water partition coefficient (Wildman–Crippen LogP) is 2.44. The molecular formula is C10H12F3N. The number of aryl methyl sites for hydroxylation is 1. The summed E-state index contributed by atoms with van der Waals surface area (Å²) in [5, 5.41) is 0. The minimum atomic E-state index is -2.63. The standard InChI is InChI=1S/C10H12F3N/c1-6-2-3-7(9(11)4-6)8(5-14)10(12)13/h2-4,8,10H,5,14H2,1H3. The number of halogens is 3. The van der Waals surface area contributed by atoms with Gasteiger partial charge in [-0.1, -0.05) is 12.1 Å². The van der Waals surface area contributed by atoms with E-state index in [0.717, 1.165) is 0 Å². The van der Waals surface area contributed by atoms with Crippen LogP contribution in [-0.2, 0) is 0 Å². The van der Waals surface area contributed by atoms with Crippen LogP contribution in [0.15, 0.2) is 18.2 Å². The summed E-state index contributed by atoms with van der Waals surface area (Å²) in [6, 6.07) is 4.21. The number of hydrogen-bond acceptors (Lipinski definition) is 1. The van der Waals surface area contributed by atoms with Crippen LogP contribution >= 0.6 is 0 Å². The molecule has 0 bridgehead atoms. The molecule has 1 nitrogen and oxygen atoms in total. The molecule has 0 heterocycles. The third-order valence-corrected chi connectivity index (χ3v) is 2.11. The van der Waals surface area contributed by atoms with Crippen molar-refractivity contribution in [3.8, 4) is 0 Å². The number of hydrogen-bond donors (Lipinski definition) is 1. The Kier molecular flexibility index (Phi) is 3.52. The van der Waals surface area contributed by atoms with Crippen LogP contribution in [0, 0.1) is 12.7 Å². The van der Waals surface area contributed by atoms with Crippen molar-refractivity contribution in [2.45, 2.75) is 19.3 Å². The van der Waals surface area contributed by atoms with Crippen LogP contribution < -0.4 is 5.73 Å². The van der Waals surface area contributed by atoms with Crippen molar-refractivity contribution in [1.82, 2.24) is 0 Å². The van der Waals surface area contributed by atoms with Gasteiger partial charge in [-0.25, -0.2) is 13.2 Å². The molecule has 1 aromatic carbocycles. The minimum Gasteiger partial charge on any atom is -0.330 e. The summed E-state index contributed by atoms with van der Waals surface area (Å²) >= 11 is 0. The highest BCUT2D eigenvalue weighted by Crippen LogP contribution is 2.25. The van der Waals surface area contributed by atoms with Crippen molar-refractivity contribution in [2.75, 3.05) is 6.54 Å². The van der Waals surface area contributed by atoms with Gasteiger partial charge < -0.3 is 5.73 Å². The summed E-state index contributed by atoms with van der Waals surface area (Å²) in [5.74, 6) is -1.82. The lowest BCUT2D eigenvalue weighted by Crippen LogP contribution is -2.20. The molecule has 0 aliphatic rings. The van der Waals surface area contributed by atoms with E-state index < -0.39 is 18.2 Å². The van der Waals surface area contributed by atoms with Gasteiger partial charge in [-0.05, 0) is 24.1 Å². The SMILES string of the molecule is Cc1ccc(C(CN)C(F)F)c(F)c1. The fraction of sp³-hybridized carbons (Fsp3) is 0.400. The van der Waals surface area contributed by atoms with E-state index in [9.17, 15) is 13.2 Å². The van der Waals surface area contributed by atoms with E-state index >= 15 is 0 Å². The normalized spacial score (nSPS) is 13.3. The van der Waals surface area contributed by atoms with Gasteiger partial charge in [0.25, 0.3) is 0 Å². The zero-order valence-electron chi connectivity index (χ0n) is 7.81. The van der Waals surface area contributed by atoms with E-state index in [4.69, 9.17) is 5.73 Å². The summed E-state index contributed by atoms with van der Waals surface area (Å²) in [4.78, 5) is 0. The van der Waals surface area contributed by atoms with Crippen LogP contribution in [0.4, 0.5) is 13.2 Å². The smallest absolute Gasteiger partial charge is 0.246 e. The van der Waals surface area contributed by atoms with Gasteiger partial charge in [0.05, 0.1) is 5.92 Å². The molecule has 4 heteroatoms. The molecule has 0 spiro atoms. The topological polar surface area (TPSA) is 26.0 Å². The Morgan fingerprint density at radius 1 is 1.36 bits per heavy atom. The van der Waals surface area contributed by atoms with Gasteiger partial charge in [0, 0.05) is 6.54 Å². The van der Waals surface area contributed by atoms with Crippen molar-refractivity contribution in [3.63, 3.8) is 0 Å². The third-order valence-electron chi connectivity index (χ3n) is 2.11. The van der Waals surface area contributed by atoms with Crippen LogP contribution in [0.25, 0.3) is 0 Å². The molecule has 0 radical (unpaired) electrons. The quantitative estimate of drug-likeness (QED) is 0.802. The highest BCUT2D eigenvalue weighted by Gasteiger charge is 2.23. The van der Waals surface area contributed by atoms with Crippen molar-refractivity contribution in [3.05, 3.63) is 35.1 Å². The van der Waals surface area contributed by atoms with Crippen molar-refractivity contribution >= 4 is 0 Å². The highest BCUT2D eigenvalue weighted by atomic mass is 19.3. The van der Waals surface area contributed by atoms with Crippen LogP contribution in [0.2, 0.25) is 0 Å². The Morgan fingerprint density at radius 2 is 2.00 bits per heavy atom. The second-order valence-corrected chi connectivity index (χ2v) is 3.20. The minimum absolute atomic E-state index is 0.00639. The first kappa shape index (κ1) is 11.0. The number of benzene rings is 1. The number of rotatable bonds is 3. The molecular weight excluding hydrogens is 191 g/mol. The highest BCUT2D eigenvalue weighted by molar-refractivity contribution is 5.27. The maximum Gasteiger partial charge on any atom is 0.246 e. The van der Waals surface area contributed by atoms with Crippen LogP contribution in [0.3, 0.4) is 0 Å². The first-order valence-electron chi connectivity index (χ1n) is 4.30. The van der Waals surface area contributed by atoms with Crippen LogP contribution in [-0.4, -0.2) is 13.0 Å². The first-order chi connectivity index (χ1) is 6.56. The summed E-state index contributed by atoms with van der Waals surface area (Å²) in [6.07, 6.45) is -2.63. The zero-order valence-corrected chi connectivity index (χ0v) is 7.81. The molecule has 0 saturated carbocycles. The molecule has 0 aromatic heterocycles. The van der Waals surface area contributed by atoms with E-state index in [2.05, 4.69) is 0 Å². The number of alkyl halides is 2. The Balaban J connectivity index is 3.04. The molecule has 1 atom stereocenters. The fourth-order valence-electron chi connectivity index (χ4n) is 1.30. The molecule has 0 aliphatic carbocycles. The Labute approximate surface area is 80.7 Å². The zero-order chi connectivity index (χ0) is 10.7. The number of nitrogens with two attached hydrogens (primary N) is 1. The summed E-state index contributed by atoms with van der Waals surface area (Å²) in [5.41, 5.74) is 5.86. The van der Waals surface area contributed by atoms with E-state index in [1.807, 2.05) is 0 Å². The fourth-order valence-corrected chi connectivity index (χ4v) is 1.30. The molecule has 14 heavy (non-hydrogen) atoms. The summed E-state index contributed by atoms with van der Waals surface area (Å²) in [7, 11) is 0. The molecule has 0 aliphatic heterocycles. The molecule has 1 aromatic rings. The second kappa shape index (κ2) is 4.46. The monoisotopic (exact) mass is 203 g/mol. The molecule has 1 unspecified atom stereocenters. The third kappa shape index (κ3) is 2.26. The van der Waals surface area contributed by atoms with E-state index in [0.29, 0.717) is 5.56 Å². The maximum atomic E-state index is 13.3. The molecule has 2 N–H and O–H groups in total. The van der Waals surface area contributed by atoms with Gasteiger partial charge in [-0.15, -0.1) is 0 Å². The van der Waals surface area contributed by atoms with Gasteiger partial charge in [-0.2, -0.15) is 0 Å². The largest absolute Gasteiger partial charge is 0.330 e. The lowest BCUT2D eigenvalue weighted by atomic mass is 9.98. The average molecular weight is 203 g/mol.